The van der Waals surface area contributed by atoms with Crippen molar-refractivity contribution in [2.24, 2.45) is 10.9 Å². The van der Waals surface area contributed by atoms with E-state index < -0.39 is 41.1 Å². The molecule has 0 spiro atoms. The molecule has 25 heavy (non-hydrogen) atoms. The predicted molar refractivity (Wildman–Crippen MR) is 94.0 cm³/mol. The molecule has 0 saturated carbocycles. The van der Waals surface area contributed by atoms with Gasteiger partial charge in [0, 0.05) is 25.0 Å². The summed E-state index contributed by atoms with van der Waals surface area (Å²) >= 11 is 0. The quantitative estimate of drug-likeness (QED) is 0.392. The van der Waals surface area contributed by atoms with Gasteiger partial charge in [-0.1, -0.05) is 0 Å². The Kier molecular flexibility index (Phi) is 4.90. The van der Waals surface area contributed by atoms with Crippen LogP contribution in [0.2, 0.25) is 0 Å². The lowest BCUT2D eigenvalue weighted by atomic mass is 9.93. The van der Waals surface area contributed by atoms with Gasteiger partial charge in [0.15, 0.2) is 9.84 Å². The van der Waals surface area contributed by atoms with E-state index in [-0.39, 0.29) is 5.56 Å². The van der Waals surface area contributed by atoms with Gasteiger partial charge in [-0.3, -0.25) is 5.41 Å². The molecule has 0 radical (unpaired) electrons. The zero-order valence-corrected chi connectivity index (χ0v) is 15.6. The minimum Gasteiger partial charge on any atom is -0.390 e. The monoisotopic (exact) mass is 390 g/mol. The van der Waals surface area contributed by atoms with Crippen molar-refractivity contribution in [3.8, 4) is 0 Å². The summed E-state index contributed by atoms with van der Waals surface area (Å²) < 4.78 is 48.1. The Morgan fingerprint density at radius 2 is 1.76 bits per heavy atom. The Balaban J connectivity index is 2.74. The van der Waals surface area contributed by atoms with Crippen LogP contribution < -0.4 is 15.8 Å². The van der Waals surface area contributed by atoms with E-state index in [2.05, 4.69) is 0 Å². The summed E-state index contributed by atoms with van der Waals surface area (Å²) in [5, 5.41) is 23.1. The van der Waals surface area contributed by atoms with E-state index >= 15 is 0 Å². The van der Waals surface area contributed by atoms with Gasteiger partial charge in [-0.15, -0.1) is 0 Å². The highest BCUT2D eigenvalue weighted by Crippen LogP contribution is 2.34. The van der Waals surface area contributed by atoms with E-state index in [0.717, 1.165) is 12.3 Å². The van der Waals surface area contributed by atoms with Crippen LogP contribution >= 0.6 is 0 Å². The molecule has 2 rings (SSSR count). The molecule has 1 aromatic carbocycles. The number of piperidine rings is 1. The van der Waals surface area contributed by atoms with Gasteiger partial charge in [-0.05, 0) is 31.9 Å². The first-order chi connectivity index (χ1) is 11.2. The molecule has 1 aromatic rings. The van der Waals surface area contributed by atoms with Gasteiger partial charge < -0.3 is 15.7 Å². The molecule has 9 nitrogen and oxygen atoms in total. The molecule has 1 saturated heterocycles. The standard InChI is InChI=1S/C14H22N4O5S2/c1-14(19)5-7-18(8-6-14)9-3-4-10(24(2,20)21)12(25(17,22)23)11(9)13(15)16/h3-4,19H,5-8H2,1-2H3,(H3,15,16)(H2,17,22,23). The number of nitrogen functional groups attached to an aromatic ring is 1. The van der Waals surface area contributed by atoms with Crippen LogP contribution in [-0.2, 0) is 19.9 Å². The third-order valence-corrected chi connectivity index (χ3v) is 6.50. The molecule has 6 N–H and O–H groups in total. The topological polar surface area (TPSA) is 168 Å². The van der Waals surface area contributed by atoms with Crippen LogP contribution in [0.5, 0.6) is 0 Å². The largest absolute Gasteiger partial charge is 0.390 e. The fraction of sp³-hybridized carbons (Fsp3) is 0.500. The van der Waals surface area contributed by atoms with E-state index in [1.165, 1.54) is 6.07 Å². The van der Waals surface area contributed by atoms with Crippen LogP contribution in [0.15, 0.2) is 21.9 Å². The number of anilines is 1. The number of nitrogens with one attached hydrogen (secondary N) is 1. The Hall–Kier alpha value is -1.69. The van der Waals surface area contributed by atoms with Crippen LogP contribution in [0.4, 0.5) is 5.69 Å². The molecule has 140 valence electrons. The van der Waals surface area contributed by atoms with Gasteiger partial charge >= 0.3 is 0 Å². The van der Waals surface area contributed by atoms with Crippen molar-refractivity contribution in [2.45, 2.75) is 35.2 Å². The van der Waals surface area contributed by atoms with Crippen molar-refractivity contribution in [1.29, 1.82) is 5.41 Å². The molecule has 0 unspecified atom stereocenters. The Bertz CT molecular complexity index is 913. The second-order valence-corrected chi connectivity index (χ2v) is 9.98. The van der Waals surface area contributed by atoms with Gasteiger partial charge in [-0.25, -0.2) is 22.0 Å². The van der Waals surface area contributed by atoms with E-state index in [0.29, 0.717) is 31.6 Å². The highest BCUT2D eigenvalue weighted by Gasteiger charge is 2.33. The lowest BCUT2D eigenvalue weighted by molar-refractivity contribution is 0.0351. The van der Waals surface area contributed by atoms with E-state index in [4.69, 9.17) is 16.3 Å². The number of amidine groups is 1. The number of aliphatic hydroxyl groups is 1. The van der Waals surface area contributed by atoms with Gasteiger partial charge in [0.1, 0.15) is 10.7 Å². The number of rotatable bonds is 4. The van der Waals surface area contributed by atoms with E-state index in [1.54, 1.807) is 11.8 Å². The normalized spacial score (nSPS) is 18.2. The SMILES string of the molecule is CC1(O)CCN(c2ccc(S(C)(=O)=O)c(S(N)(=O)=O)c2C(=N)N)CC1. The van der Waals surface area contributed by atoms with Crippen LogP contribution in [0, 0.1) is 5.41 Å². The first kappa shape index (κ1) is 19.6. The number of sulfonamides is 1. The van der Waals surface area contributed by atoms with Crippen molar-refractivity contribution in [2.75, 3.05) is 24.2 Å². The fourth-order valence-electron chi connectivity index (χ4n) is 2.88. The minimum atomic E-state index is -4.45. The summed E-state index contributed by atoms with van der Waals surface area (Å²) in [5.74, 6) is -0.596. The summed E-state index contributed by atoms with van der Waals surface area (Å²) in [6.07, 6.45) is 1.73. The van der Waals surface area contributed by atoms with Gasteiger partial charge in [0.2, 0.25) is 10.0 Å². The smallest absolute Gasteiger partial charge is 0.240 e. The molecule has 0 amide bonds. The van der Waals surface area contributed by atoms with Crippen LogP contribution in [0.25, 0.3) is 0 Å². The summed E-state index contributed by atoms with van der Waals surface area (Å²) in [5.41, 5.74) is 4.82. The number of nitrogens with zero attached hydrogens (tertiary/aromatic N) is 1. The third-order valence-electron chi connectivity index (χ3n) is 4.23. The zero-order chi connectivity index (χ0) is 19.2. The van der Waals surface area contributed by atoms with Crippen molar-refractivity contribution >= 4 is 31.4 Å². The van der Waals surface area contributed by atoms with Crippen LogP contribution in [0.1, 0.15) is 25.3 Å². The predicted octanol–water partition coefficient (Wildman–Crippen LogP) is -0.627. The molecule has 0 atom stereocenters. The number of sulfone groups is 1. The van der Waals surface area contributed by atoms with E-state index in [1.807, 2.05) is 0 Å². The van der Waals surface area contributed by atoms with Crippen LogP contribution in [-0.4, -0.2) is 52.7 Å². The number of hydrogen-bond acceptors (Lipinski definition) is 7. The maximum atomic E-state index is 12.1. The second kappa shape index (κ2) is 6.24. The van der Waals surface area contributed by atoms with Crippen molar-refractivity contribution in [1.82, 2.24) is 0 Å². The van der Waals surface area contributed by atoms with Crippen molar-refractivity contribution < 1.29 is 21.9 Å². The molecule has 11 heteroatoms. The summed E-state index contributed by atoms with van der Waals surface area (Å²) in [6.45, 7) is 2.50. The van der Waals surface area contributed by atoms with Crippen molar-refractivity contribution in [3.63, 3.8) is 0 Å². The molecular weight excluding hydrogens is 368 g/mol. The Labute approximate surface area is 147 Å². The number of benzene rings is 1. The zero-order valence-electron chi connectivity index (χ0n) is 14.0. The van der Waals surface area contributed by atoms with Crippen LogP contribution in [0.3, 0.4) is 0 Å². The molecule has 0 aromatic heterocycles. The number of nitrogens with two attached hydrogens (primary N) is 2. The molecule has 1 aliphatic rings. The minimum absolute atomic E-state index is 0.230. The van der Waals surface area contributed by atoms with Gasteiger partial charge in [-0.2, -0.15) is 0 Å². The second-order valence-electron chi connectivity index (χ2n) is 6.50. The highest BCUT2D eigenvalue weighted by atomic mass is 32.2. The average molecular weight is 390 g/mol. The Morgan fingerprint density at radius 3 is 2.16 bits per heavy atom. The maximum absolute atomic E-state index is 12.1. The molecule has 0 bridgehead atoms. The fourth-order valence-corrected chi connectivity index (χ4v) is 5.28. The third kappa shape index (κ3) is 4.11. The average Bonchev–Trinajstić information content (AvgIpc) is 2.43. The Morgan fingerprint density at radius 1 is 1.24 bits per heavy atom. The first-order valence-corrected chi connectivity index (χ1v) is 10.9. The van der Waals surface area contributed by atoms with Gasteiger partial charge in [0.05, 0.1) is 16.1 Å². The number of hydrogen-bond donors (Lipinski definition) is 4. The van der Waals surface area contributed by atoms with Gasteiger partial charge in [0.25, 0.3) is 0 Å². The lowest BCUT2D eigenvalue weighted by Gasteiger charge is -2.38. The molecule has 1 fully saturated rings. The summed E-state index contributed by atoms with van der Waals surface area (Å²) in [4.78, 5) is 0.598. The summed E-state index contributed by atoms with van der Waals surface area (Å²) in [7, 11) is -8.36. The molecule has 1 aliphatic heterocycles. The lowest BCUT2D eigenvalue weighted by Crippen LogP contribution is -2.43. The first-order valence-electron chi connectivity index (χ1n) is 7.46. The molecule has 0 aliphatic carbocycles. The highest BCUT2D eigenvalue weighted by molar-refractivity contribution is 7.93. The van der Waals surface area contributed by atoms with Crippen molar-refractivity contribution in [3.05, 3.63) is 17.7 Å². The summed E-state index contributed by atoms with van der Waals surface area (Å²) in [6, 6.07) is 2.57. The number of primary sulfonamides is 1. The maximum Gasteiger partial charge on any atom is 0.240 e. The molecular formula is C14H22N4O5S2. The molecule has 1 heterocycles. The van der Waals surface area contributed by atoms with E-state index in [9.17, 15) is 21.9 Å².